The summed E-state index contributed by atoms with van der Waals surface area (Å²) in [5, 5.41) is 9.24. The van der Waals surface area contributed by atoms with Crippen molar-refractivity contribution in [3.63, 3.8) is 0 Å². The van der Waals surface area contributed by atoms with E-state index in [-0.39, 0.29) is 18.4 Å². The number of likely N-dealkylation sites (N-methyl/N-ethyl adjacent to an activating group) is 1. The molecule has 0 radical (unpaired) electrons. The van der Waals surface area contributed by atoms with Crippen LogP contribution in [0.3, 0.4) is 0 Å². The number of amides is 2. The largest absolute Gasteiger partial charge is 0.332 e. The number of benzene rings is 2. The number of nitrogens with zero attached hydrogens (tertiary/aromatic N) is 3. The van der Waals surface area contributed by atoms with Gasteiger partial charge in [-0.15, -0.1) is 11.3 Å². The van der Waals surface area contributed by atoms with Crippen LogP contribution in [0, 0.1) is 27.7 Å². The second-order valence-electron chi connectivity index (χ2n) is 8.68. The lowest BCUT2D eigenvalue weighted by Gasteiger charge is -2.18. The predicted octanol–water partition coefficient (Wildman–Crippen LogP) is 5.74. The zero-order chi connectivity index (χ0) is 24.6. The van der Waals surface area contributed by atoms with Gasteiger partial charge in [-0.1, -0.05) is 41.4 Å². The highest BCUT2D eigenvalue weighted by atomic mass is 35.5. The molecule has 1 N–H and O–H groups in total. The number of anilines is 1. The maximum atomic E-state index is 13.1. The summed E-state index contributed by atoms with van der Waals surface area (Å²) >= 11 is 7.39. The van der Waals surface area contributed by atoms with E-state index < -0.39 is 0 Å². The monoisotopic (exact) mass is 494 g/mol. The van der Waals surface area contributed by atoms with Crippen LogP contribution in [0.5, 0.6) is 0 Å². The minimum atomic E-state index is -0.225. The molecule has 2 amide bonds. The summed E-state index contributed by atoms with van der Waals surface area (Å²) in [6, 6.07) is 13.6. The first kappa shape index (κ1) is 24.0. The Balaban J connectivity index is 1.49. The summed E-state index contributed by atoms with van der Waals surface area (Å²) < 4.78 is 1.91. The fourth-order valence-electron chi connectivity index (χ4n) is 4.12. The number of carbonyl (C=O) groups excluding carboxylic acids is 2. The van der Waals surface area contributed by atoms with E-state index in [0.717, 1.165) is 43.9 Å². The molecule has 2 aromatic heterocycles. The highest BCUT2D eigenvalue weighted by Crippen LogP contribution is 2.30. The van der Waals surface area contributed by atoms with Crippen molar-refractivity contribution in [2.24, 2.45) is 0 Å². The van der Waals surface area contributed by atoms with Crippen molar-refractivity contribution in [3.05, 3.63) is 80.3 Å². The van der Waals surface area contributed by atoms with Crippen LogP contribution in [0.1, 0.15) is 37.6 Å². The van der Waals surface area contributed by atoms with Gasteiger partial charge in [-0.2, -0.15) is 5.10 Å². The van der Waals surface area contributed by atoms with Crippen LogP contribution >= 0.6 is 22.9 Å². The molecular formula is C26H27ClN4O2S. The minimum absolute atomic E-state index is 0.0320. The van der Waals surface area contributed by atoms with Crippen LogP contribution in [-0.4, -0.2) is 40.1 Å². The average Bonchev–Trinajstić information content (AvgIpc) is 3.33. The van der Waals surface area contributed by atoms with Gasteiger partial charge in [0.15, 0.2) is 0 Å². The van der Waals surface area contributed by atoms with Crippen LogP contribution in [0.2, 0.25) is 5.02 Å². The van der Waals surface area contributed by atoms with Crippen LogP contribution in [0.25, 0.3) is 10.2 Å². The molecule has 0 fully saturated rings. The molecule has 0 saturated carbocycles. The normalized spacial score (nSPS) is 11.1. The molecule has 2 aromatic carbocycles. The lowest BCUT2D eigenvalue weighted by Crippen LogP contribution is -2.34. The number of hydrogen-bond donors (Lipinski definition) is 1. The molecule has 2 heterocycles. The summed E-state index contributed by atoms with van der Waals surface area (Å²) in [5.74, 6) is -0.414. The van der Waals surface area contributed by atoms with E-state index >= 15 is 0 Å². The Morgan fingerprint density at radius 3 is 2.35 bits per heavy atom. The molecule has 0 unspecified atom stereocenters. The predicted molar refractivity (Wildman–Crippen MR) is 139 cm³/mol. The quantitative estimate of drug-likeness (QED) is 0.371. The average molecular weight is 495 g/mol. The Bertz CT molecular complexity index is 1370. The number of thiophene rings is 1. The van der Waals surface area contributed by atoms with Crippen LogP contribution < -0.4 is 5.32 Å². The fraction of sp³-hybridized carbons (Fsp3) is 0.269. The lowest BCUT2D eigenvalue weighted by atomic mass is 10.1. The van der Waals surface area contributed by atoms with E-state index in [2.05, 4.69) is 10.4 Å². The molecule has 176 valence electrons. The Labute approximate surface area is 208 Å². The van der Waals surface area contributed by atoms with Gasteiger partial charge in [0.1, 0.15) is 4.83 Å². The van der Waals surface area contributed by atoms with Gasteiger partial charge in [0, 0.05) is 23.1 Å². The van der Waals surface area contributed by atoms with Gasteiger partial charge >= 0.3 is 0 Å². The van der Waals surface area contributed by atoms with Crippen molar-refractivity contribution in [1.29, 1.82) is 0 Å². The van der Waals surface area contributed by atoms with E-state index in [9.17, 15) is 9.59 Å². The number of carbonyl (C=O) groups is 2. The number of aromatic nitrogens is 2. The first-order valence-electron chi connectivity index (χ1n) is 11.0. The zero-order valence-corrected chi connectivity index (χ0v) is 21.5. The molecule has 6 nitrogen and oxygen atoms in total. The van der Waals surface area contributed by atoms with Crippen molar-refractivity contribution >= 4 is 50.7 Å². The van der Waals surface area contributed by atoms with Gasteiger partial charge in [-0.3, -0.25) is 14.3 Å². The Hall–Kier alpha value is -3.16. The van der Waals surface area contributed by atoms with Gasteiger partial charge in [0.25, 0.3) is 5.91 Å². The molecule has 0 saturated heterocycles. The molecule has 4 aromatic rings. The molecule has 0 aliphatic rings. The maximum Gasteiger partial charge on any atom is 0.264 e. The Kier molecular flexibility index (Phi) is 6.77. The first-order chi connectivity index (χ1) is 16.1. The molecular weight excluding hydrogens is 468 g/mol. The van der Waals surface area contributed by atoms with Crippen molar-refractivity contribution in [3.8, 4) is 0 Å². The molecule has 0 spiro atoms. The molecule has 0 atom stereocenters. The highest BCUT2D eigenvalue weighted by Gasteiger charge is 2.21. The van der Waals surface area contributed by atoms with Gasteiger partial charge in [-0.05, 0) is 62.6 Å². The van der Waals surface area contributed by atoms with E-state index in [1.54, 1.807) is 7.05 Å². The van der Waals surface area contributed by atoms with Crippen LogP contribution in [0.15, 0.2) is 42.5 Å². The Morgan fingerprint density at radius 2 is 1.71 bits per heavy atom. The van der Waals surface area contributed by atoms with Crippen molar-refractivity contribution in [2.45, 2.75) is 34.2 Å². The van der Waals surface area contributed by atoms with Gasteiger partial charge in [-0.25, -0.2) is 0 Å². The SMILES string of the molecule is Cc1cc(C)c(NC(=O)CN(C)C(=O)c2cc3c(C)nn(Cc4ccc(Cl)cc4)c3s2)c(C)c1. The highest BCUT2D eigenvalue weighted by molar-refractivity contribution is 7.20. The number of fused-ring (bicyclic) bond motifs is 1. The number of aryl methyl sites for hydroxylation is 4. The number of halogens is 1. The number of nitrogens with one attached hydrogen (secondary N) is 1. The van der Waals surface area contributed by atoms with Crippen LogP contribution in [-0.2, 0) is 11.3 Å². The summed E-state index contributed by atoms with van der Waals surface area (Å²) in [6.07, 6.45) is 0. The van der Waals surface area contributed by atoms with Gasteiger partial charge in [0.2, 0.25) is 5.91 Å². The number of hydrogen-bond acceptors (Lipinski definition) is 4. The third kappa shape index (κ3) is 5.00. The molecule has 34 heavy (non-hydrogen) atoms. The topological polar surface area (TPSA) is 67.2 Å². The second kappa shape index (κ2) is 9.60. The summed E-state index contributed by atoms with van der Waals surface area (Å²) in [7, 11) is 1.65. The molecule has 8 heteroatoms. The van der Waals surface area contributed by atoms with Crippen molar-refractivity contribution < 1.29 is 9.59 Å². The summed E-state index contributed by atoms with van der Waals surface area (Å²) in [6.45, 7) is 8.46. The maximum absolute atomic E-state index is 13.1. The fourth-order valence-corrected chi connectivity index (χ4v) is 5.40. The third-order valence-electron chi connectivity index (χ3n) is 5.73. The van der Waals surface area contributed by atoms with E-state index in [1.807, 2.05) is 74.8 Å². The van der Waals surface area contributed by atoms with Crippen LogP contribution in [0.4, 0.5) is 5.69 Å². The van der Waals surface area contributed by atoms with E-state index in [0.29, 0.717) is 16.4 Å². The lowest BCUT2D eigenvalue weighted by molar-refractivity contribution is -0.116. The van der Waals surface area contributed by atoms with Crippen molar-refractivity contribution in [2.75, 3.05) is 18.9 Å². The van der Waals surface area contributed by atoms with Crippen molar-refractivity contribution in [1.82, 2.24) is 14.7 Å². The first-order valence-corrected chi connectivity index (χ1v) is 12.2. The van der Waals surface area contributed by atoms with Gasteiger partial charge in [0.05, 0.1) is 23.7 Å². The van der Waals surface area contributed by atoms with E-state index in [1.165, 1.54) is 16.2 Å². The summed E-state index contributed by atoms with van der Waals surface area (Å²) in [5.41, 5.74) is 5.90. The molecule has 0 bridgehead atoms. The van der Waals surface area contributed by atoms with Gasteiger partial charge < -0.3 is 10.2 Å². The molecule has 4 rings (SSSR count). The van der Waals surface area contributed by atoms with E-state index in [4.69, 9.17) is 11.6 Å². The Morgan fingerprint density at radius 1 is 1.06 bits per heavy atom. The molecule has 0 aliphatic carbocycles. The summed E-state index contributed by atoms with van der Waals surface area (Å²) in [4.78, 5) is 28.8. The second-order valence-corrected chi connectivity index (χ2v) is 10.1. The number of rotatable bonds is 6. The standard InChI is InChI=1S/C26H27ClN4O2S/c1-15-10-16(2)24(17(3)11-15)28-23(32)14-30(5)25(33)22-12-21-18(4)29-31(26(21)34-22)13-19-6-8-20(27)9-7-19/h6-12H,13-14H2,1-5H3,(H,28,32). The minimum Gasteiger partial charge on any atom is -0.332 e. The third-order valence-corrected chi connectivity index (χ3v) is 7.12. The smallest absolute Gasteiger partial charge is 0.264 e. The zero-order valence-electron chi connectivity index (χ0n) is 19.9. The molecule has 0 aliphatic heterocycles.